The summed E-state index contributed by atoms with van der Waals surface area (Å²) in [6, 6.07) is 13.1. The molecule has 1 rings (SSSR count). The van der Waals surface area contributed by atoms with Crippen LogP contribution < -0.4 is 5.32 Å². The average molecular weight is 334 g/mol. The molecule has 0 atom stereocenters. The molecule has 0 aliphatic rings. The summed E-state index contributed by atoms with van der Waals surface area (Å²) >= 11 is 0. The van der Waals surface area contributed by atoms with E-state index in [2.05, 4.69) is 12.2 Å². The van der Waals surface area contributed by atoms with E-state index in [4.69, 9.17) is 15.8 Å². The Morgan fingerprint density at radius 3 is 1.88 bits per heavy atom. The predicted molar refractivity (Wildman–Crippen MR) is 100 cm³/mol. The molecule has 0 amide bonds. The van der Waals surface area contributed by atoms with Crippen molar-refractivity contribution < 1.29 is 0 Å². The van der Waals surface area contributed by atoms with Gasteiger partial charge in [0.25, 0.3) is 0 Å². The SMILES string of the molecule is CCCCCCCCCCc1ccc(NC(C#N)=C(C#N)C#N)cc1. The summed E-state index contributed by atoms with van der Waals surface area (Å²) < 4.78 is 0. The molecular weight excluding hydrogens is 308 g/mol. The topological polar surface area (TPSA) is 83.4 Å². The fourth-order valence-electron chi connectivity index (χ4n) is 2.65. The van der Waals surface area contributed by atoms with E-state index in [1.54, 1.807) is 12.1 Å². The summed E-state index contributed by atoms with van der Waals surface area (Å²) in [6.07, 6.45) is 11.5. The first-order chi connectivity index (χ1) is 12.2. The van der Waals surface area contributed by atoms with Gasteiger partial charge in [0.2, 0.25) is 0 Å². The fraction of sp³-hybridized carbons (Fsp3) is 0.476. The van der Waals surface area contributed by atoms with E-state index in [0.717, 1.165) is 6.42 Å². The third-order valence-electron chi connectivity index (χ3n) is 4.13. The number of aryl methyl sites for hydroxylation is 1. The van der Waals surface area contributed by atoms with E-state index in [-0.39, 0.29) is 11.3 Å². The molecule has 1 aromatic rings. The highest BCUT2D eigenvalue weighted by atomic mass is 14.9. The average Bonchev–Trinajstić information content (AvgIpc) is 2.65. The van der Waals surface area contributed by atoms with Crippen molar-refractivity contribution in [2.75, 3.05) is 5.32 Å². The van der Waals surface area contributed by atoms with Crippen LogP contribution in [-0.2, 0) is 6.42 Å². The van der Waals surface area contributed by atoms with E-state index in [9.17, 15) is 0 Å². The molecule has 1 N–H and O–H groups in total. The molecule has 0 fully saturated rings. The number of hydrogen-bond acceptors (Lipinski definition) is 4. The third kappa shape index (κ3) is 8.05. The number of hydrogen-bond donors (Lipinski definition) is 1. The molecule has 0 heterocycles. The summed E-state index contributed by atoms with van der Waals surface area (Å²) in [6.45, 7) is 2.24. The van der Waals surface area contributed by atoms with Crippen LogP contribution in [0.5, 0.6) is 0 Å². The van der Waals surface area contributed by atoms with Gasteiger partial charge in [-0.3, -0.25) is 0 Å². The van der Waals surface area contributed by atoms with E-state index in [0.29, 0.717) is 5.69 Å². The van der Waals surface area contributed by atoms with Crippen LogP contribution in [0.2, 0.25) is 0 Å². The molecule has 0 bridgehead atoms. The summed E-state index contributed by atoms with van der Waals surface area (Å²) in [7, 11) is 0. The Balaban J connectivity index is 2.37. The Labute approximate surface area is 151 Å². The zero-order chi connectivity index (χ0) is 18.3. The molecule has 0 saturated heterocycles. The van der Waals surface area contributed by atoms with E-state index >= 15 is 0 Å². The van der Waals surface area contributed by atoms with Gasteiger partial charge in [-0.2, -0.15) is 15.8 Å². The smallest absolute Gasteiger partial charge is 0.163 e. The van der Waals surface area contributed by atoms with Crippen molar-refractivity contribution in [3.63, 3.8) is 0 Å². The minimum Gasteiger partial charge on any atom is -0.345 e. The molecule has 0 unspecified atom stereocenters. The number of nitrogens with zero attached hydrogens (tertiary/aromatic N) is 3. The maximum absolute atomic E-state index is 9.04. The molecule has 4 nitrogen and oxygen atoms in total. The Bertz CT molecular complexity index is 650. The van der Waals surface area contributed by atoms with Crippen molar-refractivity contribution in [3.8, 4) is 18.2 Å². The van der Waals surface area contributed by atoms with Gasteiger partial charge in [-0.15, -0.1) is 0 Å². The summed E-state index contributed by atoms with van der Waals surface area (Å²) in [5, 5.41) is 29.5. The number of rotatable bonds is 11. The molecule has 0 radical (unpaired) electrons. The van der Waals surface area contributed by atoms with E-state index < -0.39 is 0 Å². The number of unbranched alkanes of at least 4 members (excludes halogenated alkanes) is 7. The third-order valence-corrected chi connectivity index (χ3v) is 4.13. The van der Waals surface area contributed by atoms with Crippen LogP contribution in [0, 0.1) is 34.0 Å². The van der Waals surface area contributed by atoms with Gasteiger partial charge in [0, 0.05) is 5.69 Å². The first kappa shape index (κ1) is 20.3. The first-order valence-corrected chi connectivity index (χ1v) is 9.05. The van der Waals surface area contributed by atoms with Gasteiger partial charge in [-0.1, -0.05) is 64.0 Å². The molecule has 0 aromatic heterocycles. The fourth-order valence-corrected chi connectivity index (χ4v) is 2.65. The van der Waals surface area contributed by atoms with Crippen molar-refractivity contribution in [2.45, 2.75) is 64.7 Å². The van der Waals surface area contributed by atoms with Crippen LogP contribution in [-0.4, -0.2) is 0 Å². The van der Waals surface area contributed by atoms with Gasteiger partial charge >= 0.3 is 0 Å². The minimum absolute atomic E-state index is 0.0131. The molecule has 0 spiro atoms. The molecule has 0 aliphatic heterocycles. The van der Waals surface area contributed by atoms with Gasteiger partial charge < -0.3 is 5.32 Å². The zero-order valence-corrected chi connectivity index (χ0v) is 15.0. The normalized spacial score (nSPS) is 9.52. The highest BCUT2D eigenvalue weighted by Crippen LogP contribution is 2.16. The quantitative estimate of drug-likeness (QED) is 0.421. The second-order valence-corrected chi connectivity index (χ2v) is 6.13. The lowest BCUT2D eigenvalue weighted by molar-refractivity contribution is 0.575. The Morgan fingerprint density at radius 1 is 0.800 bits per heavy atom. The molecule has 0 aliphatic carbocycles. The number of allylic oxidation sites excluding steroid dienone is 2. The summed E-state index contributed by atoms with van der Waals surface area (Å²) in [5.41, 5.74) is 1.75. The molecule has 25 heavy (non-hydrogen) atoms. The molecule has 130 valence electrons. The molecule has 0 saturated carbocycles. The Kier molecular flexibility index (Phi) is 10.2. The second-order valence-electron chi connectivity index (χ2n) is 6.13. The van der Waals surface area contributed by atoms with Crippen molar-refractivity contribution in [1.29, 1.82) is 15.8 Å². The van der Waals surface area contributed by atoms with Crippen LogP contribution in [0.15, 0.2) is 35.5 Å². The van der Waals surface area contributed by atoms with Gasteiger partial charge in [0.15, 0.2) is 5.57 Å². The standard InChI is InChI=1S/C21H26N4/c1-2-3-4-5-6-7-8-9-10-18-11-13-20(14-12-18)25-21(17-24)19(15-22)16-23/h11-14,25H,2-10H2,1H3. The maximum Gasteiger partial charge on any atom is 0.163 e. The van der Waals surface area contributed by atoms with Gasteiger partial charge in [-0.05, 0) is 30.5 Å². The number of nitriles is 3. The maximum atomic E-state index is 9.04. The summed E-state index contributed by atoms with van der Waals surface area (Å²) in [5.74, 6) is 0. The Morgan fingerprint density at radius 2 is 1.36 bits per heavy atom. The van der Waals surface area contributed by atoms with Gasteiger partial charge in [0.05, 0.1) is 0 Å². The lowest BCUT2D eigenvalue weighted by Gasteiger charge is -2.06. The highest BCUT2D eigenvalue weighted by Gasteiger charge is 2.05. The Hall–Kier alpha value is -2.77. The lowest BCUT2D eigenvalue weighted by Crippen LogP contribution is -2.00. The predicted octanol–water partition coefficient (Wildman–Crippen LogP) is 5.61. The van der Waals surface area contributed by atoms with Crippen LogP contribution in [0.3, 0.4) is 0 Å². The lowest BCUT2D eigenvalue weighted by atomic mass is 10.0. The van der Waals surface area contributed by atoms with Gasteiger partial charge in [0.1, 0.15) is 23.9 Å². The van der Waals surface area contributed by atoms with Crippen LogP contribution in [0.1, 0.15) is 63.9 Å². The second kappa shape index (κ2) is 12.6. The van der Waals surface area contributed by atoms with E-state index in [1.165, 1.54) is 56.9 Å². The molecule has 1 aromatic carbocycles. The molecule has 4 heteroatoms. The summed E-state index contributed by atoms with van der Waals surface area (Å²) in [4.78, 5) is 0. The first-order valence-electron chi connectivity index (χ1n) is 9.05. The largest absolute Gasteiger partial charge is 0.345 e. The van der Waals surface area contributed by atoms with Crippen LogP contribution >= 0.6 is 0 Å². The highest BCUT2D eigenvalue weighted by molar-refractivity contribution is 5.58. The van der Waals surface area contributed by atoms with Crippen LogP contribution in [0.4, 0.5) is 5.69 Å². The zero-order valence-electron chi connectivity index (χ0n) is 15.0. The van der Waals surface area contributed by atoms with Crippen molar-refractivity contribution >= 4 is 5.69 Å². The van der Waals surface area contributed by atoms with Crippen molar-refractivity contribution in [3.05, 3.63) is 41.1 Å². The van der Waals surface area contributed by atoms with Crippen LogP contribution in [0.25, 0.3) is 0 Å². The monoisotopic (exact) mass is 334 g/mol. The minimum atomic E-state index is -0.203. The van der Waals surface area contributed by atoms with Gasteiger partial charge in [-0.25, -0.2) is 0 Å². The van der Waals surface area contributed by atoms with E-state index in [1.807, 2.05) is 30.3 Å². The van der Waals surface area contributed by atoms with Crippen molar-refractivity contribution in [2.24, 2.45) is 0 Å². The van der Waals surface area contributed by atoms with Crippen molar-refractivity contribution in [1.82, 2.24) is 0 Å². The number of anilines is 1. The molecular formula is C21H26N4. The number of nitrogens with one attached hydrogen (secondary N) is 1. The number of benzene rings is 1.